The highest BCUT2D eigenvalue weighted by molar-refractivity contribution is 7.91. The minimum Gasteiger partial charge on any atom is -0.361 e. The first-order chi connectivity index (χ1) is 11.5. The van der Waals surface area contributed by atoms with Crippen molar-refractivity contribution >= 4 is 20.7 Å². The molecule has 0 bridgehead atoms. The topological polar surface area (TPSA) is 77.2 Å². The molecular formula is C17H24N4O2S. The molecule has 2 aliphatic rings. The number of likely N-dealkylation sites (tertiary alicyclic amines) is 1. The van der Waals surface area contributed by atoms with Gasteiger partial charge in [-0.05, 0) is 42.5 Å². The van der Waals surface area contributed by atoms with Gasteiger partial charge in [0.1, 0.15) is 0 Å². The quantitative estimate of drug-likeness (QED) is 0.769. The average molecular weight is 348 g/mol. The molecule has 6 nitrogen and oxygen atoms in total. The maximum atomic E-state index is 12.1. The van der Waals surface area contributed by atoms with E-state index < -0.39 is 9.84 Å². The van der Waals surface area contributed by atoms with Crippen molar-refractivity contribution in [3.05, 3.63) is 36.0 Å². The fraction of sp³-hybridized carbons (Fsp3) is 0.529. The second-order valence-corrected chi connectivity index (χ2v) is 9.26. The van der Waals surface area contributed by atoms with Gasteiger partial charge in [0.25, 0.3) is 0 Å². The molecule has 2 aliphatic heterocycles. The number of nitrogens with zero attached hydrogens (tertiary/aromatic N) is 1. The highest BCUT2D eigenvalue weighted by atomic mass is 32.2. The van der Waals surface area contributed by atoms with Crippen molar-refractivity contribution in [3.63, 3.8) is 0 Å². The molecule has 24 heavy (non-hydrogen) atoms. The van der Waals surface area contributed by atoms with E-state index in [1.54, 1.807) is 0 Å². The van der Waals surface area contributed by atoms with Crippen LogP contribution >= 0.6 is 0 Å². The maximum absolute atomic E-state index is 12.1. The van der Waals surface area contributed by atoms with Crippen LogP contribution in [-0.2, 0) is 16.4 Å². The zero-order valence-corrected chi connectivity index (χ0v) is 14.6. The SMILES string of the molecule is CS(=O)(=O)C1CNNC1C1CCCN1Cc1ccc2cc[nH]c2c1. The zero-order valence-electron chi connectivity index (χ0n) is 13.8. The molecule has 0 amide bonds. The van der Waals surface area contributed by atoms with Crippen molar-refractivity contribution in [3.8, 4) is 0 Å². The molecule has 3 unspecified atom stereocenters. The molecule has 130 valence electrons. The molecule has 2 fully saturated rings. The number of nitrogens with one attached hydrogen (secondary N) is 3. The summed E-state index contributed by atoms with van der Waals surface area (Å²) in [4.78, 5) is 5.68. The number of hydrogen-bond donors (Lipinski definition) is 3. The van der Waals surface area contributed by atoms with E-state index in [-0.39, 0.29) is 17.3 Å². The molecule has 7 heteroatoms. The van der Waals surface area contributed by atoms with Crippen LogP contribution in [0.3, 0.4) is 0 Å². The van der Waals surface area contributed by atoms with Gasteiger partial charge >= 0.3 is 0 Å². The minimum absolute atomic E-state index is 0.0447. The van der Waals surface area contributed by atoms with Crippen LogP contribution in [0.2, 0.25) is 0 Å². The summed E-state index contributed by atoms with van der Waals surface area (Å²) in [6.07, 6.45) is 5.45. The Kier molecular flexibility index (Phi) is 4.12. The fourth-order valence-corrected chi connectivity index (χ4v) is 5.31. The molecule has 2 saturated heterocycles. The molecule has 0 spiro atoms. The first kappa shape index (κ1) is 16.1. The third-order valence-corrected chi connectivity index (χ3v) is 6.92. The maximum Gasteiger partial charge on any atom is 0.153 e. The van der Waals surface area contributed by atoms with E-state index in [9.17, 15) is 8.42 Å². The Morgan fingerprint density at radius 1 is 1.29 bits per heavy atom. The Bertz CT molecular complexity index is 832. The molecule has 3 heterocycles. The Morgan fingerprint density at radius 3 is 3.00 bits per heavy atom. The van der Waals surface area contributed by atoms with Gasteiger partial charge in [-0.1, -0.05) is 12.1 Å². The van der Waals surface area contributed by atoms with Crippen molar-refractivity contribution < 1.29 is 8.42 Å². The van der Waals surface area contributed by atoms with Crippen LogP contribution < -0.4 is 10.9 Å². The van der Waals surface area contributed by atoms with Gasteiger partial charge in [0.2, 0.25) is 0 Å². The zero-order chi connectivity index (χ0) is 16.7. The number of aromatic amines is 1. The molecule has 0 radical (unpaired) electrons. The summed E-state index contributed by atoms with van der Waals surface area (Å²) in [6, 6.07) is 8.78. The van der Waals surface area contributed by atoms with Gasteiger partial charge in [-0.25, -0.2) is 8.42 Å². The lowest BCUT2D eigenvalue weighted by molar-refractivity contribution is 0.204. The van der Waals surface area contributed by atoms with E-state index >= 15 is 0 Å². The largest absolute Gasteiger partial charge is 0.361 e. The van der Waals surface area contributed by atoms with Gasteiger partial charge in [0.05, 0.1) is 11.3 Å². The van der Waals surface area contributed by atoms with Gasteiger partial charge in [0.15, 0.2) is 9.84 Å². The van der Waals surface area contributed by atoms with E-state index in [0.29, 0.717) is 6.54 Å². The molecule has 4 rings (SSSR count). The summed E-state index contributed by atoms with van der Waals surface area (Å²) in [5.74, 6) is 0. The summed E-state index contributed by atoms with van der Waals surface area (Å²) in [7, 11) is -3.06. The summed E-state index contributed by atoms with van der Waals surface area (Å²) in [5, 5.41) is 0.865. The van der Waals surface area contributed by atoms with E-state index in [1.165, 1.54) is 17.2 Å². The highest BCUT2D eigenvalue weighted by Crippen LogP contribution is 2.27. The predicted octanol–water partition coefficient (Wildman–Crippen LogP) is 1.02. The summed E-state index contributed by atoms with van der Waals surface area (Å²) in [5.41, 5.74) is 8.68. The van der Waals surface area contributed by atoms with Crippen LogP contribution in [0.25, 0.3) is 10.9 Å². The monoisotopic (exact) mass is 348 g/mol. The van der Waals surface area contributed by atoms with Gasteiger partial charge in [-0.15, -0.1) is 0 Å². The fourth-order valence-electron chi connectivity index (χ4n) is 4.14. The summed E-state index contributed by atoms with van der Waals surface area (Å²) >= 11 is 0. The first-order valence-corrected chi connectivity index (χ1v) is 10.5. The Hall–Kier alpha value is -1.41. The second kappa shape index (κ2) is 6.15. The summed E-state index contributed by atoms with van der Waals surface area (Å²) < 4.78 is 24.2. The Labute approximate surface area is 142 Å². The van der Waals surface area contributed by atoms with E-state index in [1.807, 2.05) is 6.20 Å². The highest BCUT2D eigenvalue weighted by Gasteiger charge is 2.43. The van der Waals surface area contributed by atoms with Gasteiger partial charge < -0.3 is 4.98 Å². The Morgan fingerprint density at radius 2 is 2.17 bits per heavy atom. The van der Waals surface area contributed by atoms with Gasteiger partial charge in [-0.2, -0.15) is 0 Å². The van der Waals surface area contributed by atoms with Crippen LogP contribution in [0.15, 0.2) is 30.5 Å². The molecule has 3 atom stereocenters. The lowest BCUT2D eigenvalue weighted by Gasteiger charge is -2.31. The van der Waals surface area contributed by atoms with Crippen molar-refractivity contribution in [2.75, 3.05) is 19.3 Å². The van der Waals surface area contributed by atoms with Crippen molar-refractivity contribution in [1.29, 1.82) is 0 Å². The third-order valence-electron chi connectivity index (χ3n) is 5.36. The number of sulfone groups is 1. The number of hydrazine groups is 1. The average Bonchev–Trinajstić information content (AvgIpc) is 3.25. The van der Waals surface area contributed by atoms with E-state index in [2.05, 4.69) is 45.0 Å². The number of rotatable bonds is 4. The lowest BCUT2D eigenvalue weighted by Crippen LogP contribution is -2.51. The van der Waals surface area contributed by atoms with Crippen LogP contribution in [0.4, 0.5) is 0 Å². The van der Waals surface area contributed by atoms with Crippen molar-refractivity contribution in [2.24, 2.45) is 0 Å². The normalized spacial score (nSPS) is 28.8. The third kappa shape index (κ3) is 2.97. The second-order valence-electron chi connectivity index (χ2n) is 7.00. The molecule has 2 aromatic rings. The minimum atomic E-state index is -3.06. The van der Waals surface area contributed by atoms with Gasteiger partial charge in [0, 0.05) is 37.1 Å². The van der Waals surface area contributed by atoms with Gasteiger partial charge in [-0.3, -0.25) is 15.8 Å². The molecular weight excluding hydrogens is 324 g/mol. The first-order valence-electron chi connectivity index (χ1n) is 8.50. The smallest absolute Gasteiger partial charge is 0.153 e. The van der Waals surface area contributed by atoms with Crippen LogP contribution in [0.5, 0.6) is 0 Å². The molecule has 0 saturated carbocycles. The summed E-state index contributed by atoms with van der Waals surface area (Å²) in [6.45, 7) is 2.36. The molecule has 1 aromatic heterocycles. The molecule has 3 N–H and O–H groups in total. The number of aromatic nitrogens is 1. The molecule has 0 aliphatic carbocycles. The number of H-pyrrole nitrogens is 1. The van der Waals surface area contributed by atoms with Crippen LogP contribution in [-0.4, -0.2) is 55.0 Å². The Balaban J connectivity index is 1.54. The van der Waals surface area contributed by atoms with Crippen LogP contribution in [0, 0.1) is 0 Å². The van der Waals surface area contributed by atoms with E-state index in [4.69, 9.17) is 0 Å². The van der Waals surface area contributed by atoms with Crippen molar-refractivity contribution in [1.82, 2.24) is 20.7 Å². The number of hydrogen-bond acceptors (Lipinski definition) is 5. The van der Waals surface area contributed by atoms with Crippen LogP contribution in [0.1, 0.15) is 18.4 Å². The standard InChI is InChI=1S/C17H24N4O2S/c1-24(22,23)16-10-19-20-17(16)15-3-2-8-21(15)11-12-4-5-13-6-7-18-14(13)9-12/h4-7,9,15-20H,2-3,8,10-11H2,1H3. The number of fused-ring (bicyclic) bond motifs is 1. The number of benzene rings is 1. The predicted molar refractivity (Wildman–Crippen MR) is 95.3 cm³/mol. The van der Waals surface area contributed by atoms with Crippen molar-refractivity contribution in [2.45, 2.75) is 36.7 Å². The van der Waals surface area contributed by atoms with E-state index in [0.717, 1.165) is 31.4 Å². The lowest BCUT2D eigenvalue weighted by atomic mass is 10.0. The molecule has 1 aromatic carbocycles.